The van der Waals surface area contributed by atoms with Crippen LogP contribution in [-0.2, 0) is 6.42 Å². The molecule has 2 rings (SSSR count). The van der Waals surface area contributed by atoms with E-state index in [9.17, 15) is 34.5 Å². The van der Waals surface area contributed by atoms with E-state index in [0.29, 0.717) is 0 Å². The first kappa shape index (κ1) is 12.7. The second-order valence-corrected chi connectivity index (χ2v) is 3.94. The molecule has 7 heteroatoms. The Bertz CT molecular complexity index is 901. The van der Waals surface area contributed by atoms with Crippen LogP contribution in [0.2, 0.25) is 0 Å². The molecule has 0 unspecified atom stereocenters. The van der Waals surface area contributed by atoms with Crippen LogP contribution in [0.15, 0.2) is 19.2 Å². The van der Waals surface area contributed by atoms with Crippen LogP contribution in [0.25, 0.3) is 10.8 Å². The highest BCUT2D eigenvalue weighted by Crippen LogP contribution is 2.41. The topological polar surface area (TPSA) is 129 Å². The normalized spacial score (nSPS) is 11.0. The van der Waals surface area contributed by atoms with Crippen LogP contribution in [0.5, 0.6) is 17.2 Å². The Labute approximate surface area is 104 Å². The van der Waals surface area contributed by atoms with Crippen LogP contribution in [0.1, 0.15) is 12.5 Å². The maximum absolute atomic E-state index is 11.6. The van der Waals surface area contributed by atoms with Crippen molar-refractivity contribution in [1.29, 1.82) is 0 Å². The molecule has 0 aliphatic carbocycles. The van der Waals surface area contributed by atoms with Gasteiger partial charge in [-0.25, -0.2) is 0 Å². The van der Waals surface area contributed by atoms with Gasteiger partial charge in [0.05, 0.1) is 10.8 Å². The highest BCUT2D eigenvalue weighted by molar-refractivity contribution is 5.96. The molecule has 7 nitrogen and oxygen atoms in total. The Hall–Kier alpha value is -2.70. The van der Waals surface area contributed by atoms with E-state index in [1.165, 1.54) is 6.92 Å². The minimum Gasteiger partial charge on any atom is -0.507 e. The first-order valence-corrected chi connectivity index (χ1v) is 5.30. The molecule has 0 atom stereocenters. The quantitative estimate of drug-likeness (QED) is 0.336. The van der Waals surface area contributed by atoms with E-state index in [1.807, 2.05) is 0 Å². The molecule has 0 aliphatic heterocycles. The molecule has 98 valence electrons. The zero-order valence-electron chi connectivity index (χ0n) is 9.68. The van der Waals surface area contributed by atoms with Gasteiger partial charge in [-0.05, 0) is 6.42 Å². The number of rotatable bonds is 1. The Morgan fingerprint density at radius 1 is 0.684 bits per heavy atom. The van der Waals surface area contributed by atoms with Crippen LogP contribution >= 0.6 is 0 Å². The molecular formula is C12H8O7. The summed E-state index contributed by atoms with van der Waals surface area (Å²) >= 11 is 0. The number of hydrogen-bond acceptors (Lipinski definition) is 7. The Morgan fingerprint density at radius 2 is 1.11 bits per heavy atom. The van der Waals surface area contributed by atoms with Crippen molar-refractivity contribution < 1.29 is 15.3 Å². The fourth-order valence-corrected chi connectivity index (χ4v) is 1.97. The van der Waals surface area contributed by atoms with Crippen molar-refractivity contribution in [2.24, 2.45) is 0 Å². The van der Waals surface area contributed by atoms with Gasteiger partial charge in [-0.15, -0.1) is 0 Å². The number of benzene rings is 2. The van der Waals surface area contributed by atoms with E-state index in [2.05, 4.69) is 0 Å². The van der Waals surface area contributed by atoms with Gasteiger partial charge in [0.2, 0.25) is 10.9 Å². The lowest BCUT2D eigenvalue weighted by atomic mass is 10.00. The SMILES string of the molecule is CCc1c(O)c(O)c2c(=O)c(=O)c(=O)c(=O)c2c1O. The van der Waals surface area contributed by atoms with E-state index in [0.717, 1.165) is 0 Å². The molecule has 0 aromatic heterocycles. The Balaban J connectivity index is 3.39. The van der Waals surface area contributed by atoms with Crippen molar-refractivity contribution in [3.63, 3.8) is 0 Å². The monoisotopic (exact) mass is 264 g/mol. The number of phenols is 3. The highest BCUT2D eigenvalue weighted by Gasteiger charge is 2.24. The Morgan fingerprint density at radius 3 is 1.53 bits per heavy atom. The summed E-state index contributed by atoms with van der Waals surface area (Å²) in [5.74, 6) is -2.54. The molecule has 3 N–H and O–H groups in total. The minimum absolute atomic E-state index is 0.0438. The number of hydrogen-bond donors (Lipinski definition) is 3. The third-order valence-corrected chi connectivity index (χ3v) is 2.95. The van der Waals surface area contributed by atoms with Gasteiger partial charge in [-0.1, -0.05) is 6.92 Å². The van der Waals surface area contributed by atoms with Crippen LogP contribution in [-0.4, -0.2) is 15.3 Å². The summed E-state index contributed by atoms with van der Waals surface area (Å²) in [4.78, 5) is 45.7. The van der Waals surface area contributed by atoms with E-state index in [4.69, 9.17) is 0 Å². The second-order valence-electron chi connectivity index (χ2n) is 3.94. The lowest BCUT2D eigenvalue weighted by Gasteiger charge is -2.09. The van der Waals surface area contributed by atoms with Crippen LogP contribution in [0, 0.1) is 0 Å². The molecule has 0 saturated heterocycles. The summed E-state index contributed by atoms with van der Waals surface area (Å²) in [5, 5.41) is 27.6. The van der Waals surface area contributed by atoms with Crippen LogP contribution in [0.3, 0.4) is 0 Å². The fraction of sp³-hybridized carbons (Fsp3) is 0.167. The zero-order valence-corrected chi connectivity index (χ0v) is 9.68. The molecule has 0 radical (unpaired) electrons. The predicted molar refractivity (Wildman–Crippen MR) is 65.8 cm³/mol. The molecule has 2 aromatic rings. The molecule has 0 aliphatic rings. The first-order chi connectivity index (χ1) is 8.82. The summed E-state index contributed by atoms with van der Waals surface area (Å²) in [6.45, 7) is 1.52. The smallest absolute Gasteiger partial charge is 0.277 e. The van der Waals surface area contributed by atoms with Crippen LogP contribution < -0.4 is 21.7 Å². The largest absolute Gasteiger partial charge is 0.507 e. The van der Waals surface area contributed by atoms with Gasteiger partial charge >= 0.3 is 0 Å². The van der Waals surface area contributed by atoms with Crippen molar-refractivity contribution in [3.8, 4) is 17.2 Å². The van der Waals surface area contributed by atoms with E-state index in [1.54, 1.807) is 0 Å². The molecule has 0 bridgehead atoms. The summed E-state index contributed by atoms with van der Waals surface area (Å²) in [5.41, 5.74) is -6.15. The number of fused-ring (bicyclic) bond motifs is 1. The van der Waals surface area contributed by atoms with E-state index < -0.39 is 49.7 Å². The molecule has 19 heavy (non-hydrogen) atoms. The van der Waals surface area contributed by atoms with Gasteiger partial charge in [0.15, 0.2) is 11.5 Å². The molecule has 0 amide bonds. The van der Waals surface area contributed by atoms with Gasteiger partial charge in [0.25, 0.3) is 10.9 Å². The maximum Gasteiger partial charge on any atom is 0.277 e. The van der Waals surface area contributed by atoms with Crippen molar-refractivity contribution in [2.75, 3.05) is 0 Å². The molecule has 2 aromatic carbocycles. The minimum atomic E-state index is -1.60. The zero-order chi connectivity index (χ0) is 14.5. The first-order valence-electron chi connectivity index (χ1n) is 5.30. The summed E-state index contributed by atoms with van der Waals surface area (Å²) in [6.07, 6.45) is 0.0438. The average molecular weight is 264 g/mol. The van der Waals surface area contributed by atoms with Gasteiger partial charge in [-0.2, -0.15) is 0 Å². The van der Waals surface area contributed by atoms with Gasteiger partial charge in [-0.3, -0.25) is 19.2 Å². The molecule has 0 heterocycles. The molecule has 0 spiro atoms. The number of phenolic OH excluding ortho intramolecular Hbond substituents is 3. The van der Waals surface area contributed by atoms with Gasteiger partial charge < -0.3 is 15.3 Å². The Kier molecular flexibility index (Phi) is 2.62. The lowest BCUT2D eigenvalue weighted by Crippen LogP contribution is -2.46. The summed E-state index contributed by atoms with van der Waals surface area (Å²) in [7, 11) is 0. The predicted octanol–water partition coefficient (Wildman–Crippen LogP) is -1.16. The third kappa shape index (κ3) is 1.44. The fourth-order valence-electron chi connectivity index (χ4n) is 1.97. The highest BCUT2D eigenvalue weighted by atomic mass is 16.3. The average Bonchev–Trinajstić information content (AvgIpc) is 2.38. The summed E-state index contributed by atoms with van der Waals surface area (Å²) < 4.78 is 0. The second kappa shape index (κ2) is 3.91. The van der Waals surface area contributed by atoms with E-state index >= 15 is 0 Å². The molecular weight excluding hydrogens is 256 g/mol. The van der Waals surface area contributed by atoms with Gasteiger partial charge in [0.1, 0.15) is 5.75 Å². The van der Waals surface area contributed by atoms with Crippen molar-refractivity contribution in [1.82, 2.24) is 0 Å². The van der Waals surface area contributed by atoms with Crippen molar-refractivity contribution in [3.05, 3.63) is 46.5 Å². The van der Waals surface area contributed by atoms with Gasteiger partial charge in [0, 0.05) is 5.56 Å². The van der Waals surface area contributed by atoms with Crippen molar-refractivity contribution >= 4 is 10.8 Å². The molecule has 0 fully saturated rings. The van der Waals surface area contributed by atoms with Crippen molar-refractivity contribution in [2.45, 2.75) is 13.3 Å². The maximum atomic E-state index is 11.6. The number of aromatic hydroxyl groups is 3. The standard InChI is InChI=1S/C12H8O7/c1-2-3-6(13)4-5(8(15)7(3)14)10(17)12(19)11(18)9(4)16/h13-15H,2H2,1H3. The van der Waals surface area contributed by atoms with Crippen LogP contribution in [0.4, 0.5) is 0 Å². The summed E-state index contributed by atoms with van der Waals surface area (Å²) in [6, 6.07) is 0. The third-order valence-electron chi connectivity index (χ3n) is 2.95. The lowest BCUT2D eigenvalue weighted by molar-refractivity contribution is 0.395. The molecule has 0 saturated carbocycles. The van der Waals surface area contributed by atoms with E-state index in [-0.39, 0.29) is 12.0 Å².